The van der Waals surface area contributed by atoms with E-state index in [1.807, 2.05) is 13.0 Å². The van der Waals surface area contributed by atoms with Crippen LogP contribution in [0.3, 0.4) is 0 Å². The number of rotatable bonds is 7. The third kappa shape index (κ3) is 5.22. The molecule has 5 aliphatic rings. The summed E-state index contributed by atoms with van der Waals surface area (Å²) in [6.07, 6.45) is -3.64. The Bertz CT molecular complexity index is 1020. The Hall–Kier alpha value is -0.960. The molecular formula is C31H50O11. The van der Waals surface area contributed by atoms with Gasteiger partial charge in [-0.1, -0.05) is 45.4 Å². The first-order valence-corrected chi connectivity index (χ1v) is 15.3. The normalized spacial score (nSPS) is 52.3. The summed E-state index contributed by atoms with van der Waals surface area (Å²) in [5.41, 5.74) is 0.374. The van der Waals surface area contributed by atoms with E-state index in [0.717, 1.165) is 19.3 Å². The third-order valence-corrected chi connectivity index (χ3v) is 11.5. The van der Waals surface area contributed by atoms with Crippen molar-refractivity contribution in [2.45, 2.75) is 127 Å². The quantitative estimate of drug-likeness (QED) is 0.201. The summed E-state index contributed by atoms with van der Waals surface area (Å²) in [5.74, 6) is 0.414. The van der Waals surface area contributed by atoms with Crippen molar-refractivity contribution in [2.75, 3.05) is 13.2 Å². The van der Waals surface area contributed by atoms with Crippen LogP contribution in [0.5, 0.6) is 0 Å². The Labute approximate surface area is 247 Å². The summed E-state index contributed by atoms with van der Waals surface area (Å²) >= 11 is 0. The van der Waals surface area contributed by atoms with Gasteiger partial charge in [0.05, 0.1) is 25.4 Å². The van der Waals surface area contributed by atoms with Gasteiger partial charge in [-0.05, 0) is 54.8 Å². The molecule has 11 heteroatoms. The largest absolute Gasteiger partial charge is 0.394 e. The van der Waals surface area contributed by atoms with Crippen molar-refractivity contribution < 1.29 is 54.7 Å². The molecule has 0 amide bonds. The van der Waals surface area contributed by atoms with Crippen molar-refractivity contribution in [1.29, 1.82) is 0 Å². The molecular weight excluding hydrogens is 548 g/mol. The molecule has 2 aliphatic heterocycles. The Balaban J connectivity index is 1.36. The van der Waals surface area contributed by atoms with Crippen molar-refractivity contribution in [3.63, 3.8) is 0 Å². The second-order valence-electron chi connectivity index (χ2n) is 14.2. The Morgan fingerprint density at radius 3 is 1.95 bits per heavy atom. The van der Waals surface area contributed by atoms with Crippen LogP contribution in [-0.2, 0) is 18.9 Å². The van der Waals surface area contributed by atoms with E-state index in [4.69, 9.17) is 18.9 Å². The number of fused-ring (bicyclic) bond motifs is 3. The molecule has 11 nitrogen and oxygen atoms in total. The second kappa shape index (κ2) is 11.8. The van der Waals surface area contributed by atoms with Gasteiger partial charge in [-0.3, -0.25) is 0 Å². The summed E-state index contributed by atoms with van der Waals surface area (Å²) < 4.78 is 24.1. The lowest BCUT2D eigenvalue weighted by Gasteiger charge is -2.62. The highest BCUT2D eigenvalue weighted by atomic mass is 16.7. The van der Waals surface area contributed by atoms with Crippen LogP contribution in [0.4, 0.5) is 0 Å². The van der Waals surface area contributed by atoms with Crippen LogP contribution >= 0.6 is 0 Å². The number of hydrogen-bond acceptors (Lipinski definition) is 11. The van der Waals surface area contributed by atoms with E-state index in [0.29, 0.717) is 12.8 Å². The van der Waals surface area contributed by atoms with Gasteiger partial charge in [-0.25, -0.2) is 0 Å². The first-order chi connectivity index (χ1) is 19.7. The molecule has 0 spiro atoms. The highest BCUT2D eigenvalue weighted by molar-refractivity contribution is 5.29. The summed E-state index contributed by atoms with van der Waals surface area (Å²) in [4.78, 5) is 0. The molecule has 0 radical (unpaired) electrons. The molecule has 5 rings (SSSR count). The summed E-state index contributed by atoms with van der Waals surface area (Å²) in [7, 11) is 0. The van der Waals surface area contributed by atoms with Gasteiger partial charge in [0.2, 0.25) is 0 Å². The third-order valence-electron chi connectivity index (χ3n) is 11.5. The maximum Gasteiger partial charge on any atom is 0.187 e. The van der Waals surface area contributed by atoms with E-state index in [2.05, 4.69) is 33.4 Å². The molecule has 15 atom stereocenters. The van der Waals surface area contributed by atoms with E-state index in [-0.39, 0.29) is 28.8 Å². The minimum atomic E-state index is -1.52. The molecule has 2 heterocycles. The van der Waals surface area contributed by atoms with Crippen LogP contribution in [-0.4, -0.2) is 116 Å². The molecule has 0 aromatic heterocycles. The minimum Gasteiger partial charge on any atom is -0.394 e. The molecule has 240 valence electrons. The van der Waals surface area contributed by atoms with Crippen molar-refractivity contribution in [2.24, 2.45) is 28.1 Å². The highest BCUT2D eigenvalue weighted by Crippen LogP contribution is 2.64. The van der Waals surface area contributed by atoms with Gasteiger partial charge in [-0.2, -0.15) is 0 Å². The zero-order chi connectivity index (χ0) is 30.8. The number of hydrogen-bond donors (Lipinski definition) is 7. The van der Waals surface area contributed by atoms with E-state index in [9.17, 15) is 35.7 Å². The smallest absolute Gasteiger partial charge is 0.187 e. The molecule has 0 unspecified atom stereocenters. The predicted octanol–water partition coefficient (Wildman–Crippen LogP) is 0.371. The van der Waals surface area contributed by atoms with Gasteiger partial charge < -0.3 is 54.7 Å². The van der Waals surface area contributed by atoms with Gasteiger partial charge in [-0.15, -0.1) is 6.58 Å². The molecule has 0 bridgehead atoms. The Morgan fingerprint density at radius 1 is 0.833 bits per heavy atom. The zero-order valence-electron chi connectivity index (χ0n) is 25.1. The molecule has 2 saturated carbocycles. The Kier molecular flexibility index (Phi) is 9.08. The van der Waals surface area contributed by atoms with E-state index >= 15 is 0 Å². The van der Waals surface area contributed by atoms with Crippen molar-refractivity contribution in [3.8, 4) is 0 Å². The number of aliphatic hydroxyl groups excluding tert-OH is 7. The van der Waals surface area contributed by atoms with Crippen LogP contribution in [0.2, 0.25) is 0 Å². The van der Waals surface area contributed by atoms with Crippen LogP contribution in [0, 0.1) is 28.1 Å². The first-order valence-electron chi connectivity index (χ1n) is 15.3. The lowest BCUT2D eigenvalue weighted by atomic mass is 9.44. The molecule has 2 saturated heterocycles. The summed E-state index contributed by atoms with van der Waals surface area (Å²) in [6, 6.07) is 0. The number of aliphatic hydroxyl groups is 7. The number of ether oxygens (including phenoxy) is 4. The minimum absolute atomic E-state index is 0.116. The van der Waals surface area contributed by atoms with Crippen molar-refractivity contribution in [3.05, 3.63) is 24.3 Å². The Morgan fingerprint density at radius 2 is 1.38 bits per heavy atom. The maximum absolute atomic E-state index is 10.7. The fourth-order valence-electron chi connectivity index (χ4n) is 8.76. The first kappa shape index (κ1) is 32.4. The highest BCUT2D eigenvalue weighted by Gasteiger charge is 2.60. The second-order valence-corrected chi connectivity index (χ2v) is 14.2. The van der Waals surface area contributed by atoms with Gasteiger partial charge in [0, 0.05) is 5.41 Å². The zero-order valence-corrected chi connectivity index (χ0v) is 25.1. The predicted molar refractivity (Wildman–Crippen MR) is 150 cm³/mol. The molecule has 0 aromatic rings. The molecule has 3 aliphatic carbocycles. The maximum atomic E-state index is 10.7. The van der Waals surface area contributed by atoms with Crippen molar-refractivity contribution in [1.82, 2.24) is 0 Å². The van der Waals surface area contributed by atoms with Crippen molar-refractivity contribution >= 4 is 0 Å². The number of allylic oxidation sites excluding steroid dienone is 1. The van der Waals surface area contributed by atoms with Crippen LogP contribution in [0.1, 0.15) is 59.8 Å². The van der Waals surface area contributed by atoms with E-state index in [1.54, 1.807) is 0 Å². The van der Waals surface area contributed by atoms with Crippen LogP contribution in [0.15, 0.2) is 24.3 Å². The summed E-state index contributed by atoms with van der Waals surface area (Å²) in [5, 5.41) is 71.1. The lowest BCUT2D eigenvalue weighted by molar-refractivity contribution is -0.318. The van der Waals surface area contributed by atoms with E-state index in [1.165, 1.54) is 5.57 Å². The average molecular weight is 599 g/mol. The summed E-state index contributed by atoms with van der Waals surface area (Å²) in [6.45, 7) is 11.9. The monoisotopic (exact) mass is 598 g/mol. The molecule has 0 aromatic carbocycles. The van der Waals surface area contributed by atoms with Gasteiger partial charge in [0.15, 0.2) is 12.6 Å². The van der Waals surface area contributed by atoms with Crippen LogP contribution in [0.25, 0.3) is 0 Å². The van der Waals surface area contributed by atoms with Gasteiger partial charge in [0.1, 0.15) is 42.7 Å². The SMILES string of the molecule is C=C[C@@]1(C)C=C2CC[C@@H]3C(C)(C)[C@@H](O[C@@H]4O[C@@H](CO)[C@H](O)[C@H]4O)CC[C@@]3(C)[C@H]2C[C@H]1O[C@@H]1O[C@H](CO)[C@@H](O)[C@H](O)[C@H]1O. The molecule has 42 heavy (non-hydrogen) atoms. The standard InChI is InChI=1S/C31H50O11/c1-6-30(4)12-15-7-8-19-29(2,3)20(41-27-25(37)23(35)18(14-33)40-27)9-10-31(19,5)16(15)11-21(30)42-28-26(38)24(36)22(34)17(13-32)39-28/h6,12,16-28,32-38H,1,7-11,13-14H2,2-5H3/t16-,17+,18-,19+,20-,21+,22+,23-,24-,25+,26+,27-,28-,30-,31-/m0/s1. The lowest BCUT2D eigenvalue weighted by Crippen LogP contribution is -2.61. The molecule has 7 N–H and O–H groups in total. The van der Waals surface area contributed by atoms with Gasteiger partial charge in [0.25, 0.3) is 0 Å². The average Bonchev–Trinajstić information content (AvgIpc) is 3.23. The van der Waals surface area contributed by atoms with Gasteiger partial charge >= 0.3 is 0 Å². The topological polar surface area (TPSA) is 179 Å². The van der Waals surface area contributed by atoms with Crippen LogP contribution < -0.4 is 0 Å². The fourth-order valence-corrected chi connectivity index (χ4v) is 8.76. The van der Waals surface area contributed by atoms with E-state index < -0.39 is 80.0 Å². The fraction of sp³-hybridized carbons (Fsp3) is 0.871. The molecule has 4 fully saturated rings.